The van der Waals surface area contributed by atoms with Gasteiger partial charge in [-0.2, -0.15) is 0 Å². The average molecular weight is 243 g/mol. The van der Waals surface area contributed by atoms with E-state index in [0.717, 1.165) is 6.26 Å². The molecule has 0 radical (unpaired) electrons. The van der Waals surface area contributed by atoms with Crippen LogP contribution in [0.4, 0.5) is 5.69 Å². The van der Waals surface area contributed by atoms with Gasteiger partial charge in [-0.15, -0.1) is 0 Å². The van der Waals surface area contributed by atoms with Gasteiger partial charge >= 0.3 is 5.97 Å². The van der Waals surface area contributed by atoms with Crippen molar-refractivity contribution in [2.24, 2.45) is 0 Å². The van der Waals surface area contributed by atoms with Gasteiger partial charge in [-0.05, 0) is 19.1 Å². The lowest BCUT2D eigenvalue weighted by molar-refractivity contribution is 0.0522. The molecular weight excluding hydrogens is 230 g/mol. The maximum absolute atomic E-state index is 11.5. The predicted molar refractivity (Wildman–Crippen MR) is 59.9 cm³/mol. The summed E-state index contributed by atoms with van der Waals surface area (Å²) < 4.78 is 27.8. The molecule has 0 aromatic heterocycles. The predicted octanol–water partition coefficient (Wildman–Crippen LogP) is 0.849. The molecule has 88 valence electrons. The molecule has 6 heteroatoms. The molecule has 0 fully saturated rings. The van der Waals surface area contributed by atoms with Crippen LogP contribution in [0, 0.1) is 0 Å². The van der Waals surface area contributed by atoms with Gasteiger partial charge in [-0.3, -0.25) is 0 Å². The van der Waals surface area contributed by atoms with Crippen molar-refractivity contribution in [3.05, 3.63) is 23.8 Å². The highest BCUT2D eigenvalue weighted by Crippen LogP contribution is 2.23. The SMILES string of the molecule is CCOC(=O)c1cccc(N)c1S(C)(=O)=O. The maximum atomic E-state index is 11.5. The van der Waals surface area contributed by atoms with E-state index in [0.29, 0.717) is 0 Å². The zero-order valence-corrected chi connectivity index (χ0v) is 9.87. The molecule has 0 amide bonds. The number of benzene rings is 1. The van der Waals surface area contributed by atoms with Gasteiger partial charge in [-0.1, -0.05) is 6.07 Å². The fourth-order valence-corrected chi connectivity index (χ4v) is 2.39. The van der Waals surface area contributed by atoms with Crippen LogP contribution in [0.15, 0.2) is 23.1 Å². The van der Waals surface area contributed by atoms with Gasteiger partial charge < -0.3 is 10.5 Å². The number of anilines is 1. The second-order valence-corrected chi connectivity index (χ2v) is 5.17. The second kappa shape index (κ2) is 4.52. The molecular formula is C10H13NO4S. The van der Waals surface area contributed by atoms with Crippen molar-refractivity contribution in [2.45, 2.75) is 11.8 Å². The van der Waals surface area contributed by atoms with Crippen molar-refractivity contribution in [2.75, 3.05) is 18.6 Å². The topological polar surface area (TPSA) is 86.5 Å². The molecule has 1 rings (SSSR count). The molecule has 16 heavy (non-hydrogen) atoms. The van der Waals surface area contributed by atoms with Crippen molar-refractivity contribution < 1.29 is 17.9 Å². The molecule has 0 saturated carbocycles. The number of sulfone groups is 1. The normalized spacial score (nSPS) is 11.1. The quantitative estimate of drug-likeness (QED) is 0.628. The molecule has 0 aliphatic carbocycles. The highest BCUT2D eigenvalue weighted by Gasteiger charge is 2.22. The van der Waals surface area contributed by atoms with Crippen LogP contribution in [0.1, 0.15) is 17.3 Å². The number of nitrogen functional groups attached to an aromatic ring is 1. The molecule has 2 N–H and O–H groups in total. The molecule has 0 atom stereocenters. The van der Waals surface area contributed by atoms with Gasteiger partial charge in [0.2, 0.25) is 0 Å². The number of carbonyl (C=O) groups is 1. The Labute approximate surface area is 94.1 Å². The van der Waals surface area contributed by atoms with Gasteiger partial charge in [-0.25, -0.2) is 13.2 Å². The Hall–Kier alpha value is -1.56. The van der Waals surface area contributed by atoms with Gasteiger partial charge in [0.15, 0.2) is 9.84 Å². The minimum absolute atomic E-state index is 0.0237. The summed E-state index contributed by atoms with van der Waals surface area (Å²) in [5.41, 5.74) is 5.58. The third kappa shape index (κ3) is 2.52. The standard InChI is InChI=1S/C10H13NO4S/c1-3-15-10(12)7-5-4-6-8(11)9(7)16(2,13)14/h4-6H,3,11H2,1-2H3. The smallest absolute Gasteiger partial charge is 0.339 e. The van der Waals surface area contributed by atoms with Crippen molar-refractivity contribution in [3.8, 4) is 0 Å². The van der Waals surface area contributed by atoms with Crippen LogP contribution in [0.25, 0.3) is 0 Å². The molecule has 1 aromatic rings. The maximum Gasteiger partial charge on any atom is 0.339 e. The molecule has 0 bridgehead atoms. The van der Waals surface area contributed by atoms with Gasteiger partial charge in [0.25, 0.3) is 0 Å². The van der Waals surface area contributed by atoms with Crippen LogP contribution >= 0.6 is 0 Å². The lowest BCUT2D eigenvalue weighted by Crippen LogP contribution is -2.13. The van der Waals surface area contributed by atoms with E-state index in [9.17, 15) is 13.2 Å². The van der Waals surface area contributed by atoms with E-state index in [1.165, 1.54) is 18.2 Å². The summed E-state index contributed by atoms with van der Waals surface area (Å²) in [5, 5.41) is 0. The minimum Gasteiger partial charge on any atom is -0.462 e. The van der Waals surface area contributed by atoms with E-state index in [4.69, 9.17) is 10.5 Å². The molecule has 0 aliphatic heterocycles. The first-order chi connectivity index (χ1) is 7.38. The Morgan fingerprint density at radius 2 is 2.06 bits per heavy atom. The number of esters is 1. The van der Waals surface area contributed by atoms with E-state index in [2.05, 4.69) is 0 Å². The summed E-state index contributed by atoms with van der Waals surface area (Å²) >= 11 is 0. The second-order valence-electron chi connectivity index (χ2n) is 3.22. The fourth-order valence-electron chi connectivity index (χ4n) is 1.34. The fraction of sp³-hybridized carbons (Fsp3) is 0.300. The monoisotopic (exact) mass is 243 g/mol. The highest BCUT2D eigenvalue weighted by atomic mass is 32.2. The zero-order chi connectivity index (χ0) is 12.3. The summed E-state index contributed by atoms with van der Waals surface area (Å²) in [4.78, 5) is 11.3. The third-order valence-electron chi connectivity index (χ3n) is 1.91. The summed E-state index contributed by atoms with van der Waals surface area (Å²) in [6, 6.07) is 4.32. The van der Waals surface area contributed by atoms with Crippen LogP contribution in [-0.2, 0) is 14.6 Å². The Morgan fingerprint density at radius 1 is 1.44 bits per heavy atom. The van der Waals surface area contributed by atoms with Crippen molar-refractivity contribution in [1.29, 1.82) is 0 Å². The van der Waals surface area contributed by atoms with Crippen molar-refractivity contribution >= 4 is 21.5 Å². The molecule has 0 aliphatic rings. The Balaban J connectivity index is 3.41. The van der Waals surface area contributed by atoms with E-state index in [-0.39, 0.29) is 22.8 Å². The minimum atomic E-state index is -3.55. The number of ether oxygens (including phenoxy) is 1. The summed E-state index contributed by atoms with van der Waals surface area (Å²) in [6.07, 6.45) is 1.00. The Bertz CT molecular complexity index is 508. The van der Waals surface area contributed by atoms with Crippen LogP contribution in [-0.4, -0.2) is 27.2 Å². The zero-order valence-electron chi connectivity index (χ0n) is 9.06. The highest BCUT2D eigenvalue weighted by molar-refractivity contribution is 7.91. The summed E-state index contributed by atoms with van der Waals surface area (Å²) in [6.45, 7) is 1.82. The molecule has 0 saturated heterocycles. The number of carbonyl (C=O) groups excluding carboxylic acids is 1. The van der Waals surface area contributed by atoms with E-state index in [1.807, 2.05) is 0 Å². The van der Waals surface area contributed by atoms with Crippen LogP contribution < -0.4 is 5.73 Å². The van der Waals surface area contributed by atoms with Crippen molar-refractivity contribution in [3.63, 3.8) is 0 Å². The number of hydrogen-bond donors (Lipinski definition) is 1. The molecule has 5 nitrogen and oxygen atoms in total. The third-order valence-corrected chi connectivity index (χ3v) is 3.11. The Kier molecular flexibility index (Phi) is 3.54. The first-order valence-corrected chi connectivity index (χ1v) is 6.52. The van der Waals surface area contributed by atoms with Crippen LogP contribution in [0.5, 0.6) is 0 Å². The summed E-state index contributed by atoms with van der Waals surface area (Å²) in [7, 11) is -3.55. The lowest BCUT2D eigenvalue weighted by Gasteiger charge is -2.09. The molecule has 0 unspecified atom stereocenters. The van der Waals surface area contributed by atoms with Crippen LogP contribution in [0.2, 0.25) is 0 Å². The van der Waals surface area contributed by atoms with Gasteiger partial charge in [0.05, 0.1) is 17.9 Å². The van der Waals surface area contributed by atoms with Gasteiger partial charge in [0, 0.05) is 6.26 Å². The summed E-state index contributed by atoms with van der Waals surface area (Å²) in [5.74, 6) is -0.685. The lowest BCUT2D eigenvalue weighted by atomic mass is 10.2. The molecule has 1 aromatic carbocycles. The molecule has 0 spiro atoms. The first kappa shape index (κ1) is 12.5. The van der Waals surface area contributed by atoms with Gasteiger partial charge in [0.1, 0.15) is 4.90 Å². The number of nitrogens with two attached hydrogens (primary N) is 1. The Morgan fingerprint density at radius 3 is 2.56 bits per heavy atom. The first-order valence-electron chi connectivity index (χ1n) is 4.63. The van der Waals surface area contributed by atoms with E-state index < -0.39 is 15.8 Å². The number of rotatable bonds is 3. The van der Waals surface area contributed by atoms with E-state index >= 15 is 0 Å². The van der Waals surface area contributed by atoms with Crippen molar-refractivity contribution in [1.82, 2.24) is 0 Å². The van der Waals surface area contributed by atoms with Crippen LogP contribution in [0.3, 0.4) is 0 Å². The average Bonchev–Trinajstić information content (AvgIpc) is 2.15. The molecule has 0 heterocycles. The van der Waals surface area contributed by atoms with E-state index in [1.54, 1.807) is 6.92 Å². The number of hydrogen-bond acceptors (Lipinski definition) is 5. The largest absolute Gasteiger partial charge is 0.462 e.